The lowest BCUT2D eigenvalue weighted by Crippen LogP contribution is -2.32. The molecule has 0 saturated carbocycles. The van der Waals surface area contributed by atoms with Crippen molar-refractivity contribution in [1.82, 2.24) is 9.80 Å². The molecule has 0 amide bonds. The van der Waals surface area contributed by atoms with Gasteiger partial charge in [0.25, 0.3) is 0 Å². The standard InChI is InChI=1S/C15H27N3/c1-4-8-18(10-9-17(2)3)13-15-7-5-6-14(11-15)12-16/h5-7,11H,4,8-10,12-13,16H2,1-3H3. The molecule has 0 unspecified atom stereocenters. The average molecular weight is 249 g/mol. The van der Waals surface area contributed by atoms with Crippen LogP contribution in [-0.2, 0) is 13.1 Å². The van der Waals surface area contributed by atoms with Gasteiger partial charge >= 0.3 is 0 Å². The van der Waals surface area contributed by atoms with E-state index in [1.54, 1.807) is 0 Å². The van der Waals surface area contributed by atoms with Crippen LogP contribution in [0.5, 0.6) is 0 Å². The van der Waals surface area contributed by atoms with Gasteiger partial charge in [-0.1, -0.05) is 31.2 Å². The Kier molecular flexibility index (Phi) is 6.94. The highest BCUT2D eigenvalue weighted by Gasteiger charge is 2.06. The zero-order chi connectivity index (χ0) is 13.4. The molecule has 0 saturated heterocycles. The van der Waals surface area contributed by atoms with Crippen LogP contribution in [0.15, 0.2) is 24.3 Å². The van der Waals surface area contributed by atoms with E-state index >= 15 is 0 Å². The van der Waals surface area contributed by atoms with E-state index in [2.05, 4.69) is 55.1 Å². The molecule has 0 aliphatic carbocycles. The topological polar surface area (TPSA) is 32.5 Å². The fourth-order valence-corrected chi connectivity index (χ4v) is 2.04. The zero-order valence-electron chi connectivity index (χ0n) is 12.0. The Labute approximate surface area is 112 Å². The maximum absolute atomic E-state index is 5.69. The molecule has 1 aromatic rings. The van der Waals surface area contributed by atoms with E-state index in [1.165, 1.54) is 17.5 Å². The summed E-state index contributed by atoms with van der Waals surface area (Å²) in [7, 11) is 4.25. The number of likely N-dealkylation sites (N-methyl/N-ethyl adjacent to an activating group) is 1. The largest absolute Gasteiger partial charge is 0.326 e. The van der Waals surface area contributed by atoms with Crippen molar-refractivity contribution in [2.45, 2.75) is 26.4 Å². The van der Waals surface area contributed by atoms with Gasteiger partial charge in [0.2, 0.25) is 0 Å². The summed E-state index contributed by atoms with van der Waals surface area (Å²) in [6.45, 7) is 7.26. The quantitative estimate of drug-likeness (QED) is 0.764. The van der Waals surface area contributed by atoms with Crippen molar-refractivity contribution in [3.63, 3.8) is 0 Å². The SMILES string of the molecule is CCCN(CCN(C)C)Cc1cccc(CN)c1. The third kappa shape index (κ3) is 5.63. The molecule has 0 aromatic heterocycles. The average Bonchev–Trinajstić information content (AvgIpc) is 2.36. The highest BCUT2D eigenvalue weighted by atomic mass is 15.2. The summed E-state index contributed by atoms with van der Waals surface area (Å²) < 4.78 is 0. The van der Waals surface area contributed by atoms with Gasteiger partial charge in [-0.2, -0.15) is 0 Å². The molecule has 0 atom stereocenters. The molecular weight excluding hydrogens is 222 g/mol. The summed E-state index contributed by atoms with van der Waals surface area (Å²) in [6, 6.07) is 8.61. The highest BCUT2D eigenvalue weighted by Crippen LogP contribution is 2.08. The molecule has 3 heteroatoms. The molecule has 1 rings (SSSR count). The maximum atomic E-state index is 5.69. The van der Waals surface area contributed by atoms with Crippen molar-refractivity contribution in [2.24, 2.45) is 5.73 Å². The monoisotopic (exact) mass is 249 g/mol. The lowest BCUT2D eigenvalue weighted by Gasteiger charge is -2.23. The predicted octanol–water partition coefficient (Wildman–Crippen LogP) is 1.92. The van der Waals surface area contributed by atoms with Crippen LogP contribution in [0.25, 0.3) is 0 Å². The van der Waals surface area contributed by atoms with E-state index < -0.39 is 0 Å². The first-order valence-corrected chi connectivity index (χ1v) is 6.80. The van der Waals surface area contributed by atoms with Crippen LogP contribution in [-0.4, -0.2) is 43.5 Å². The van der Waals surface area contributed by atoms with Crippen molar-refractivity contribution in [3.05, 3.63) is 35.4 Å². The second kappa shape index (κ2) is 8.25. The van der Waals surface area contributed by atoms with Crippen LogP contribution in [0.4, 0.5) is 0 Å². The second-order valence-electron chi connectivity index (χ2n) is 5.10. The first-order chi connectivity index (χ1) is 8.65. The Bertz CT molecular complexity index is 336. The summed E-state index contributed by atoms with van der Waals surface area (Å²) in [5, 5.41) is 0. The number of hydrogen-bond acceptors (Lipinski definition) is 3. The van der Waals surface area contributed by atoms with Crippen LogP contribution in [0, 0.1) is 0 Å². The first kappa shape index (κ1) is 15.2. The smallest absolute Gasteiger partial charge is 0.0234 e. The van der Waals surface area contributed by atoms with Crippen LogP contribution in [0.3, 0.4) is 0 Å². The van der Waals surface area contributed by atoms with Gasteiger partial charge in [0.15, 0.2) is 0 Å². The maximum Gasteiger partial charge on any atom is 0.0234 e. The van der Waals surface area contributed by atoms with E-state index in [9.17, 15) is 0 Å². The number of benzene rings is 1. The van der Waals surface area contributed by atoms with E-state index in [1.807, 2.05) is 0 Å². The summed E-state index contributed by atoms with van der Waals surface area (Å²) in [5.74, 6) is 0. The van der Waals surface area contributed by atoms with Crippen molar-refractivity contribution in [1.29, 1.82) is 0 Å². The molecule has 18 heavy (non-hydrogen) atoms. The molecule has 0 spiro atoms. The molecule has 2 N–H and O–H groups in total. The van der Waals surface area contributed by atoms with Gasteiger partial charge in [0.1, 0.15) is 0 Å². The van der Waals surface area contributed by atoms with Crippen LogP contribution >= 0.6 is 0 Å². The lowest BCUT2D eigenvalue weighted by molar-refractivity contribution is 0.234. The normalized spacial score (nSPS) is 11.4. The minimum absolute atomic E-state index is 0.624. The van der Waals surface area contributed by atoms with Crippen molar-refractivity contribution in [3.8, 4) is 0 Å². The number of nitrogens with zero attached hydrogens (tertiary/aromatic N) is 2. The summed E-state index contributed by atoms with van der Waals surface area (Å²) in [4.78, 5) is 4.74. The van der Waals surface area contributed by atoms with Crippen LogP contribution < -0.4 is 5.73 Å². The summed E-state index contributed by atoms with van der Waals surface area (Å²) in [6.07, 6.45) is 1.20. The molecule has 0 aliphatic heterocycles. The molecule has 1 aromatic carbocycles. The Morgan fingerprint density at radius 2 is 1.78 bits per heavy atom. The Hall–Kier alpha value is -0.900. The van der Waals surface area contributed by atoms with Gasteiger partial charge in [-0.25, -0.2) is 0 Å². The number of rotatable bonds is 8. The second-order valence-corrected chi connectivity index (χ2v) is 5.10. The van der Waals surface area contributed by atoms with Gasteiger partial charge < -0.3 is 10.6 Å². The number of nitrogens with two attached hydrogens (primary N) is 1. The van der Waals surface area contributed by atoms with Gasteiger partial charge in [0, 0.05) is 26.2 Å². The van der Waals surface area contributed by atoms with Crippen LogP contribution in [0.1, 0.15) is 24.5 Å². The number of hydrogen-bond donors (Lipinski definition) is 1. The Balaban J connectivity index is 2.57. The van der Waals surface area contributed by atoms with Gasteiger partial charge in [0.05, 0.1) is 0 Å². The molecule has 0 heterocycles. The zero-order valence-corrected chi connectivity index (χ0v) is 12.0. The third-order valence-corrected chi connectivity index (χ3v) is 3.04. The van der Waals surface area contributed by atoms with E-state index in [4.69, 9.17) is 5.73 Å². The van der Waals surface area contributed by atoms with Crippen molar-refractivity contribution >= 4 is 0 Å². The fraction of sp³-hybridized carbons (Fsp3) is 0.600. The van der Waals surface area contributed by atoms with Gasteiger partial charge in [-0.3, -0.25) is 4.90 Å². The van der Waals surface area contributed by atoms with Crippen molar-refractivity contribution in [2.75, 3.05) is 33.7 Å². The van der Waals surface area contributed by atoms with Gasteiger partial charge in [-0.15, -0.1) is 0 Å². The Morgan fingerprint density at radius 3 is 2.39 bits per heavy atom. The van der Waals surface area contributed by atoms with E-state index in [0.717, 1.165) is 26.2 Å². The van der Waals surface area contributed by atoms with Crippen molar-refractivity contribution < 1.29 is 0 Å². The minimum Gasteiger partial charge on any atom is -0.326 e. The summed E-state index contributed by atoms with van der Waals surface area (Å²) >= 11 is 0. The molecular formula is C15H27N3. The Morgan fingerprint density at radius 1 is 1.06 bits per heavy atom. The molecule has 0 radical (unpaired) electrons. The molecule has 0 bridgehead atoms. The fourth-order valence-electron chi connectivity index (χ4n) is 2.04. The molecule has 3 nitrogen and oxygen atoms in total. The first-order valence-electron chi connectivity index (χ1n) is 6.80. The van der Waals surface area contributed by atoms with E-state index in [0.29, 0.717) is 6.54 Å². The third-order valence-electron chi connectivity index (χ3n) is 3.04. The molecule has 0 aliphatic rings. The lowest BCUT2D eigenvalue weighted by atomic mass is 10.1. The molecule has 102 valence electrons. The van der Waals surface area contributed by atoms with E-state index in [-0.39, 0.29) is 0 Å². The van der Waals surface area contributed by atoms with Crippen LogP contribution in [0.2, 0.25) is 0 Å². The minimum atomic E-state index is 0.624. The highest BCUT2D eigenvalue weighted by molar-refractivity contribution is 5.23. The summed E-state index contributed by atoms with van der Waals surface area (Å²) in [5.41, 5.74) is 8.27. The molecule has 0 fully saturated rings. The predicted molar refractivity (Wildman–Crippen MR) is 78.5 cm³/mol. The van der Waals surface area contributed by atoms with Gasteiger partial charge in [-0.05, 0) is 38.2 Å².